The Bertz CT molecular complexity index is 587. The maximum absolute atomic E-state index is 12.9. The van der Waals surface area contributed by atoms with Gasteiger partial charge in [0.05, 0.1) is 5.69 Å². The van der Waals surface area contributed by atoms with Gasteiger partial charge in [0.15, 0.2) is 5.69 Å². The second kappa shape index (κ2) is 5.22. The molecule has 0 spiro atoms. The monoisotopic (exact) mass is 261 g/mol. The molecule has 0 saturated heterocycles. The van der Waals surface area contributed by atoms with E-state index in [4.69, 9.17) is 0 Å². The highest BCUT2D eigenvalue weighted by Crippen LogP contribution is 2.13. The first-order valence-electron chi connectivity index (χ1n) is 6.11. The van der Waals surface area contributed by atoms with Crippen molar-refractivity contribution in [3.63, 3.8) is 0 Å². The second-order valence-electron chi connectivity index (χ2n) is 4.69. The number of hydrogen-bond acceptors (Lipinski definition) is 2. The zero-order valence-corrected chi connectivity index (χ0v) is 11.1. The van der Waals surface area contributed by atoms with E-state index in [0.717, 1.165) is 11.4 Å². The molecule has 0 radical (unpaired) electrons. The van der Waals surface area contributed by atoms with Gasteiger partial charge in [0, 0.05) is 11.7 Å². The topological polar surface area (TPSA) is 46.9 Å². The third-order valence-electron chi connectivity index (χ3n) is 2.61. The average Bonchev–Trinajstić information content (AvgIpc) is 2.72. The predicted molar refractivity (Wildman–Crippen MR) is 70.9 cm³/mol. The maximum Gasteiger partial charge on any atom is 0.271 e. The number of aromatic nitrogens is 2. The van der Waals surface area contributed by atoms with Gasteiger partial charge in [-0.1, -0.05) is 0 Å². The SMILES string of the molecule is Cc1cc(C(=O)NC(C)C)nn1-c1ccc(F)cc1. The van der Waals surface area contributed by atoms with Gasteiger partial charge in [0.25, 0.3) is 5.91 Å². The molecule has 2 rings (SSSR count). The Morgan fingerprint density at radius 1 is 1.32 bits per heavy atom. The van der Waals surface area contributed by atoms with Crippen LogP contribution in [0.4, 0.5) is 4.39 Å². The highest BCUT2D eigenvalue weighted by Gasteiger charge is 2.13. The van der Waals surface area contributed by atoms with Gasteiger partial charge >= 0.3 is 0 Å². The zero-order chi connectivity index (χ0) is 14.0. The molecule has 0 atom stereocenters. The fourth-order valence-electron chi connectivity index (χ4n) is 1.77. The van der Waals surface area contributed by atoms with Crippen LogP contribution < -0.4 is 5.32 Å². The predicted octanol–water partition coefficient (Wildman–Crippen LogP) is 2.46. The smallest absolute Gasteiger partial charge is 0.271 e. The van der Waals surface area contributed by atoms with E-state index in [1.165, 1.54) is 12.1 Å². The summed E-state index contributed by atoms with van der Waals surface area (Å²) in [4.78, 5) is 11.9. The Kier molecular flexibility index (Phi) is 3.64. The Morgan fingerprint density at radius 2 is 1.95 bits per heavy atom. The third-order valence-corrected chi connectivity index (χ3v) is 2.61. The minimum absolute atomic E-state index is 0.0591. The van der Waals surface area contributed by atoms with Crippen LogP contribution in [0, 0.1) is 12.7 Å². The van der Waals surface area contributed by atoms with Crippen molar-refractivity contribution >= 4 is 5.91 Å². The number of nitrogens with one attached hydrogen (secondary N) is 1. The second-order valence-corrected chi connectivity index (χ2v) is 4.69. The number of carbonyl (C=O) groups excluding carboxylic acids is 1. The van der Waals surface area contributed by atoms with Gasteiger partial charge in [-0.3, -0.25) is 4.79 Å². The van der Waals surface area contributed by atoms with Crippen molar-refractivity contribution in [2.45, 2.75) is 26.8 Å². The van der Waals surface area contributed by atoms with Crippen LogP contribution in [0.15, 0.2) is 30.3 Å². The lowest BCUT2D eigenvalue weighted by Crippen LogP contribution is -2.30. The molecule has 1 aromatic carbocycles. The first-order valence-corrected chi connectivity index (χ1v) is 6.11. The minimum Gasteiger partial charge on any atom is -0.348 e. The van der Waals surface area contributed by atoms with E-state index < -0.39 is 0 Å². The van der Waals surface area contributed by atoms with Crippen LogP contribution in [0.5, 0.6) is 0 Å². The normalized spacial score (nSPS) is 10.8. The number of rotatable bonds is 3. The molecule has 1 N–H and O–H groups in total. The number of aryl methyl sites for hydroxylation is 1. The van der Waals surface area contributed by atoms with Crippen LogP contribution in [-0.4, -0.2) is 21.7 Å². The molecule has 0 unspecified atom stereocenters. The summed E-state index contributed by atoms with van der Waals surface area (Å²) in [5.41, 5.74) is 1.90. The van der Waals surface area contributed by atoms with Crippen molar-refractivity contribution in [3.05, 3.63) is 47.5 Å². The molecule has 0 aliphatic rings. The zero-order valence-electron chi connectivity index (χ0n) is 11.1. The van der Waals surface area contributed by atoms with Gasteiger partial charge in [0.1, 0.15) is 5.82 Å². The number of carbonyl (C=O) groups is 1. The highest BCUT2D eigenvalue weighted by molar-refractivity contribution is 5.92. The number of hydrogen-bond donors (Lipinski definition) is 1. The number of nitrogens with zero attached hydrogens (tertiary/aromatic N) is 2. The molecule has 0 aliphatic carbocycles. The summed E-state index contributed by atoms with van der Waals surface area (Å²) < 4.78 is 14.5. The van der Waals surface area contributed by atoms with E-state index in [-0.39, 0.29) is 17.8 Å². The maximum atomic E-state index is 12.9. The average molecular weight is 261 g/mol. The summed E-state index contributed by atoms with van der Waals surface area (Å²) in [5.74, 6) is -0.509. The van der Waals surface area contributed by atoms with Crippen LogP contribution >= 0.6 is 0 Å². The van der Waals surface area contributed by atoms with Crippen LogP contribution in [0.2, 0.25) is 0 Å². The molecule has 2 aromatic rings. The van der Waals surface area contributed by atoms with Gasteiger partial charge in [-0.05, 0) is 51.1 Å². The molecular formula is C14H16FN3O. The molecule has 4 nitrogen and oxygen atoms in total. The first-order chi connectivity index (χ1) is 8.97. The summed E-state index contributed by atoms with van der Waals surface area (Å²) in [6.07, 6.45) is 0. The minimum atomic E-state index is -0.300. The molecule has 0 aliphatic heterocycles. The van der Waals surface area contributed by atoms with Gasteiger partial charge < -0.3 is 5.32 Å². The summed E-state index contributed by atoms with van der Waals surface area (Å²) in [6.45, 7) is 5.63. The summed E-state index contributed by atoms with van der Waals surface area (Å²) in [6, 6.07) is 7.75. The van der Waals surface area contributed by atoms with E-state index in [0.29, 0.717) is 5.69 Å². The summed E-state index contributed by atoms with van der Waals surface area (Å²) >= 11 is 0. The molecule has 1 heterocycles. The van der Waals surface area contributed by atoms with Gasteiger partial charge in [-0.25, -0.2) is 9.07 Å². The molecule has 100 valence electrons. The van der Waals surface area contributed by atoms with Gasteiger partial charge in [-0.2, -0.15) is 5.10 Å². The third kappa shape index (κ3) is 2.99. The number of amides is 1. The first kappa shape index (κ1) is 13.3. The summed E-state index contributed by atoms with van der Waals surface area (Å²) in [7, 11) is 0. The fraction of sp³-hybridized carbons (Fsp3) is 0.286. The van der Waals surface area contributed by atoms with E-state index in [2.05, 4.69) is 10.4 Å². The van der Waals surface area contributed by atoms with Crippen LogP contribution in [-0.2, 0) is 0 Å². The lowest BCUT2D eigenvalue weighted by atomic mass is 10.3. The highest BCUT2D eigenvalue weighted by atomic mass is 19.1. The van der Waals surface area contributed by atoms with E-state index in [1.807, 2.05) is 20.8 Å². The van der Waals surface area contributed by atoms with Gasteiger partial charge in [-0.15, -0.1) is 0 Å². The van der Waals surface area contributed by atoms with Crippen LogP contribution in [0.1, 0.15) is 30.0 Å². The largest absolute Gasteiger partial charge is 0.348 e. The van der Waals surface area contributed by atoms with Crippen molar-refractivity contribution in [3.8, 4) is 5.69 Å². The van der Waals surface area contributed by atoms with Crippen molar-refractivity contribution in [1.82, 2.24) is 15.1 Å². The Labute approximate surface area is 111 Å². The van der Waals surface area contributed by atoms with Crippen molar-refractivity contribution in [2.75, 3.05) is 0 Å². The standard InChI is InChI=1S/C14H16FN3O/c1-9(2)16-14(19)13-8-10(3)18(17-13)12-6-4-11(15)5-7-12/h4-9H,1-3H3,(H,16,19). The van der Waals surface area contributed by atoms with Crippen LogP contribution in [0.25, 0.3) is 5.69 Å². The lowest BCUT2D eigenvalue weighted by Gasteiger charge is -2.06. The Balaban J connectivity index is 2.31. The van der Waals surface area contributed by atoms with E-state index in [1.54, 1.807) is 22.9 Å². The van der Waals surface area contributed by atoms with Crippen molar-refractivity contribution < 1.29 is 9.18 Å². The molecule has 1 amide bonds. The fourth-order valence-corrected chi connectivity index (χ4v) is 1.77. The van der Waals surface area contributed by atoms with Gasteiger partial charge in [0.2, 0.25) is 0 Å². The molecule has 1 aromatic heterocycles. The van der Waals surface area contributed by atoms with Crippen molar-refractivity contribution in [1.29, 1.82) is 0 Å². The molecule has 0 bridgehead atoms. The van der Waals surface area contributed by atoms with E-state index in [9.17, 15) is 9.18 Å². The lowest BCUT2D eigenvalue weighted by molar-refractivity contribution is 0.0937. The van der Waals surface area contributed by atoms with E-state index >= 15 is 0 Å². The Hall–Kier alpha value is -2.17. The molecule has 19 heavy (non-hydrogen) atoms. The molecule has 0 fully saturated rings. The molecule has 5 heteroatoms. The Morgan fingerprint density at radius 3 is 2.53 bits per heavy atom. The quantitative estimate of drug-likeness (QED) is 0.922. The molecular weight excluding hydrogens is 245 g/mol. The van der Waals surface area contributed by atoms with Crippen LogP contribution in [0.3, 0.4) is 0 Å². The summed E-state index contributed by atoms with van der Waals surface area (Å²) in [5, 5.41) is 7.03. The molecule has 0 saturated carbocycles. The van der Waals surface area contributed by atoms with Crippen molar-refractivity contribution in [2.24, 2.45) is 0 Å². The number of benzene rings is 1. The number of halogens is 1.